The smallest absolute Gasteiger partial charge is 0.290 e. The molecule has 0 aliphatic carbocycles. The summed E-state index contributed by atoms with van der Waals surface area (Å²) in [6.45, 7) is 0.408. The number of methoxy groups -OCH3 is 1. The highest BCUT2D eigenvalue weighted by molar-refractivity contribution is 8.18. The van der Waals surface area contributed by atoms with Crippen LogP contribution in [0.4, 0.5) is 4.79 Å². The highest BCUT2D eigenvalue weighted by Crippen LogP contribution is 2.32. The maximum Gasteiger partial charge on any atom is 0.290 e. The van der Waals surface area contributed by atoms with Crippen LogP contribution in [0.1, 0.15) is 11.1 Å². The van der Waals surface area contributed by atoms with Crippen molar-refractivity contribution in [3.63, 3.8) is 0 Å². The van der Waals surface area contributed by atoms with Gasteiger partial charge in [0.2, 0.25) is 0 Å². The first kappa shape index (κ1) is 16.1. The Morgan fingerprint density at radius 3 is 2.54 bits per heavy atom. The van der Waals surface area contributed by atoms with Gasteiger partial charge in [0.05, 0.1) is 12.0 Å². The number of rotatable bonds is 5. The van der Waals surface area contributed by atoms with Gasteiger partial charge in [-0.3, -0.25) is 14.9 Å². The van der Waals surface area contributed by atoms with E-state index >= 15 is 0 Å². The van der Waals surface area contributed by atoms with Gasteiger partial charge < -0.3 is 9.47 Å². The van der Waals surface area contributed by atoms with Crippen molar-refractivity contribution in [2.45, 2.75) is 6.61 Å². The molecule has 0 aromatic heterocycles. The van der Waals surface area contributed by atoms with Gasteiger partial charge in [0.25, 0.3) is 11.1 Å². The van der Waals surface area contributed by atoms with E-state index in [1.54, 1.807) is 31.4 Å². The molecule has 1 aliphatic rings. The summed E-state index contributed by atoms with van der Waals surface area (Å²) in [6, 6.07) is 15.2. The molecule has 2 aromatic carbocycles. The monoisotopic (exact) mass is 341 g/mol. The fourth-order valence-electron chi connectivity index (χ4n) is 2.20. The zero-order chi connectivity index (χ0) is 16.9. The Hall–Kier alpha value is -2.73. The summed E-state index contributed by atoms with van der Waals surface area (Å²) in [5.74, 6) is 0.797. The average molecular weight is 341 g/mol. The lowest BCUT2D eigenvalue weighted by Crippen LogP contribution is -2.17. The van der Waals surface area contributed by atoms with Crippen molar-refractivity contribution in [3.05, 3.63) is 64.6 Å². The summed E-state index contributed by atoms with van der Waals surface area (Å²) in [5.41, 5.74) is 1.80. The molecular weight excluding hydrogens is 326 g/mol. The van der Waals surface area contributed by atoms with Crippen LogP contribution in [0.25, 0.3) is 6.08 Å². The van der Waals surface area contributed by atoms with Gasteiger partial charge >= 0.3 is 0 Å². The molecule has 5 nitrogen and oxygen atoms in total. The van der Waals surface area contributed by atoms with Crippen molar-refractivity contribution in [1.82, 2.24) is 5.32 Å². The molecule has 2 aromatic rings. The fourth-order valence-corrected chi connectivity index (χ4v) is 2.89. The van der Waals surface area contributed by atoms with E-state index in [1.807, 2.05) is 30.3 Å². The van der Waals surface area contributed by atoms with Gasteiger partial charge in [0, 0.05) is 0 Å². The third-order valence-electron chi connectivity index (χ3n) is 3.36. The van der Waals surface area contributed by atoms with E-state index in [1.165, 1.54) is 0 Å². The van der Waals surface area contributed by atoms with E-state index in [9.17, 15) is 9.59 Å². The maximum absolute atomic E-state index is 11.6. The molecule has 0 radical (unpaired) electrons. The SMILES string of the molecule is COc1ccc(/C=C2/SC(=O)NC2=O)cc1OCc1ccccc1. The predicted octanol–water partition coefficient (Wildman–Crippen LogP) is 3.60. The Kier molecular flexibility index (Phi) is 4.86. The Balaban J connectivity index is 1.81. The zero-order valence-corrected chi connectivity index (χ0v) is 13.8. The molecule has 0 atom stereocenters. The number of nitrogens with one attached hydrogen (secondary N) is 1. The molecule has 3 rings (SSSR count). The average Bonchev–Trinajstić information content (AvgIpc) is 2.91. The summed E-state index contributed by atoms with van der Waals surface area (Å²) in [5, 5.41) is 1.87. The van der Waals surface area contributed by atoms with Crippen LogP contribution in [-0.2, 0) is 11.4 Å². The first-order chi connectivity index (χ1) is 11.7. The van der Waals surface area contributed by atoms with E-state index in [0.717, 1.165) is 22.9 Å². The number of thioether (sulfide) groups is 1. The number of hydrogen-bond donors (Lipinski definition) is 1. The molecule has 1 aliphatic heterocycles. The standard InChI is InChI=1S/C18H15NO4S/c1-22-14-8-7-13(10-16-17(20)19-18(21)24-16)9-15(14)23-11-12-5-3-2-4-6-12/h2-10H,11H2,1H3,(H,19,20,21)/b16-10+. The molecule has 1 N–H and O–H groups in total. The van der Waals surface area contributed by atoms with E-state index in [2.05, 4.69) is 5.32 Å². The summed E-state index contributed by atoms with van der Waals surface area (Å²) in [4.78, 5) is 23.2. The summed E-state index contributed by atoms with van der Waals surface area (Å²) < 4.78 is 11.2. The van der Waals surface area contributed by atoms with E-state index < -0.39 is 0 Å². The second-order valence-electron chi connectivity index (χ2n) is 5.04. The van der Waals surface area contributed by atoms with Crippen LogP contribution in [0, 0.1) is 0 Å². The number of amides is 2. The quantitative estimate of drug-likeness (QED) is 0.842. The van der Waals surface area contributed by atoms with Crippen LogP contribution in [-0.4, -0.2) is 18.3 Å². The van der Waals surface area contributed by atoms with Crippen LogP contribution in [0.15, 0.2) is 53.4 Å². The van der Waals surface area contributed by atoms with Crippen LogP contribution >= 0.6 is 11.8 Å². The van der Waals surface area contributed by atoms with Crippen LogP contribution in [0.5, 0.6) is 11.5 Å². The van der Waals surface area contributed by atoms with E-state index in [-0.39, 0.29) is 11.1 Å². The van der Waals surface area contributed by atoms with E-state index in [0.29, 0.717) is 23.0 Å². The van der Waals surface area contributed by atoms with Gasteiger partial charge in [-0.2, -0.15) is 0 Å². The molecule has 0 saturated carbocycles. The highest BCUT2D eigenvalue weighted by Gasteiger charge is 2.25. The third kappa shape index (κ3) is 3.78. The summed E-state index contributed by atoms with van der Waals surface area (Å²) >= 11 is 0.884. The lowest BCUT2D eigenvalue weighted by molar-refractivity contribution is -0.115. The molecule has 2 amide bonds. The summed E-state index contributed by atoms with van der Waals surface area (Å²) in [7, 11) is 1.57. The minimum absolute atomic E-state index is 0.360. The van der Waals surface area contributed by atoms with Crippen molar-refractivity contribution in [1.29, 1.82) is 0 Å². The molecule has 24 heavy (non-hydrogen) atoms. The molecule has 1 heterocycles. The van der Waals surface area contributed by atoms with Gasteiger partial charge in [-0.05, 0) is 41.1 Å². The van der Waals surface area contributed by atoms with Crippen molar-refractivity contribution < 1.29 is 19.1 Å². The van der Waals surface area contributed by atoms with Gasteiger partial charge in [-0.1, -0.05) is 36.4 Å². The van der Waals surface area contributed by atoms with Gasteiger partial charge in [0.1, 0.15) is 6.61 Å². The molecule has 122 valence electrons. The number of benzene rings is 2. The molecule has 1 fully saturated rings. The Bertz CT molecular complexity index is 802. The van der Waals surface area contributed by atoms with E-state index in [4.69, 9.17) is 9.47 Å². The lowest BCUT2D eigenvalue weighted by atomic mass is 10.2. The predicted molar refractivity (Wildman–Crippen MR) is 92.9 cm³/mol. The topological polar surface area (TPSA) is 64.6 Å². The first-order valence-corrected chi connectivity index (χ1v) is 8.07. The molecule has 0 unspecified atom stereocenters. The Labute approximate surface area is 143 Å². The van der Waals surface area contributed by atoms with Crippen LogP contribution in [0.3, 0.4) is 0 Å². The molecule has 0 bridgehead atoms. The summed E-state index contributed by atoms with van der Waals surface area (Å²) in [6.07, 6.45) is 1.65. The first-order valence-electron chi connectivity index (χ1n) is 7.25. The highest BCUT2D eigenvalue weighted by atomic mass is 32.2. The van der Waals surface area contributed by atoms with Crippen molar-refractivity contribution in [3.8, 4) is 11.5 Å². The molecule has 6 heteroatoms. The van der Waals surface area contributed by atoms with Crippen molar-refractivity contribution >= 4 is 29.0 Å². The number of imide groups is 1. The number of carbonyl (C=O) groups excluding carboxylic acids is 2. The Morgan fingerprint density at radius 1 is 1.08 bits per heavy atom. The minimum Gasteiger partial charge on any atom is -0.493 e. The molecule has 0 spiro atoms. The lowest BCUT2D eigenvalue weighted by Gasteiger charge is -2.11. The number of ether oxygens (including phenoxy) is 2. The second-order valence-corrected chi connectivity index (χ2v) is 6.05. The van der Waals surface area contributed by atoms with Gasteiger partial charge in [0.15, 0.2) is 11.5 Å². The van der Waals surface area contributed by atoms with Gasteiger partial charge in [-0.15, -0.1) is 0 Å². The Morgan fingerprint density at radius 2 is 1.88 bits per heavy atom. The second kappa shape index (κ2) is 7.23. The number of carbonyl (C=O) groups is 2. The maximum atomic E-state index is 11.6. The fraction of sp³-hybridized carbons (Fsp3) is 0.111. The molecular formula is C18H15NO4S. The van der Waals surface area contributed by atoms with Crippen molar-refractivity contribution in [2.75, 3.05) is 7.11 Å². The normalized spacial score (nSPS) is 15.5. The third-order valence-corrected chi connectivity index (χ3v) is 4.18. The zero-order valence-electron chi connectivity index (χ0n) is 12.9. The number of hydrogen-bond acceptors (Lipinski definition) is 5. The van der Waals surface area contributed by atoms with Crippen molar-refractivity contribution in [2.24, 2.45) is 0 Å². The molecule has 1 saturated heterocycles. The van der Waals surface area contributed by atoms with Crippen LogP contribution in [0.2, 0.25) is 0 Å². The van der Waals surface area contributed by atoms with Gasteiger partial charge in [-0.25, -0.2) is 0 Å². The largest absolute Gasteiger partial charge is 0.493 e. The van der Waals surface area contributed by atoms with Crippen LogP contribution < -0.4 is 14.8 Å². The minimum atomic E-state index is -0.382.